The van der Waals surface area contributed by atoms with Gasteiger partial charge in [0.05, 0.1) is 16.5 Å². The highest BCUT2D eigenvalue weighted by Gasteiger charge is 2.35. The molecule has 3 aromatic rings. The Labute approximate surface area is 170 Å². The number of ketones is 1. The lowest BCUT2D eigenvalue weighted by Crippen LogP contribution is -2.32. The number of nitrogens with zero attached hydrogens (tertiary/aromatic N) is 3. The Hall–Kier alpha value is -2.81. The minimum Gasteiger partial charge on any atom is -0.372 e. The lowest BCUT2D eigenvalue weighted by Gasteiger charge is -2.29. The molecule has 0 atom stereocenters. The van der Waals surface area contributed by atoms with Gasteiger partial charge < -0.3 is 15.6 Å². The normalized spacial score (nSPS) is 16.7. The molecular weight excluding hydrogens is 402 g/mol. The SMILES string of the molecule is CNc1ncnc2[nH]cc(C(=O)c3ccc(NC4CCC(F)(F)CC4)nc3Cl)c12. The summed E-state index contributed by atoms with van der Waals surface area (Å²) in [5, 5.41) is 6.69. The van der Waals surface area contributed by atoms with Crippen molar-refractivity contribution in [1.29, 1.82) is 0 Å². The van der Waals surface area contributed by atoms with Crippen LogP contribution in [0.2, 0.25) is 5.15 Å². The largest absolute Gasteiger partial charge is 0.372 e. The molecule has 0 saturated heterocycles. The zero-order chi connectivity index (χ0) is 20.6. The molecule has 0 aromatic carbocycles. The monoisotopic (exact) mass is 420 g/mol. The molecule has 10 heteroatoms. The summed E-state index contributed by atoms with van der Waals surface area (Å²) in [6.45, 7) is 0. The second-order valence-electron chi connectivity index (χ2n) is 7.04. The number of carbonyl (C=O) groups excluding carboxylic acids is 1. The summed E-state index contributed by atoms with van der Waals surface area (Å²) in [7, 11) is 1.71. The van der Waals surface area contributed by atoms with E-state index in [-0.39, 0.29) is 35.4 Å². The first-order chi connectivity index (χ1) is 13.9. The number of hydrogen-bond donors (Lipinski definition) is 3. The number of rotatable bonds is 5. The Bertz CT molecular complexity index is 1060. The molecule has 0 amide bonds. The van der Waals surface area contributed by atoms with E-state index in [1.165, 1.54) is 6.33 Å². The van der Waals surface area contributed by atoms with Crippen LogP contribution in [0.1, 0.15) is 41.6 Å². The molecule has 0 unspecified atom stereocenters. The highest BCUT2D eigenvalue weighted by molar-refractivity contribution is 6.34. The van der Waals surface area contributed by atoms with Crippen LogP contribution in [0.25, 0.3) is 11.0 Å². The van der Waals surface area contributed by atoms with Crippen molar-refractivity contribution in [3.8, 4) is 0 Å². The van der Waals surface area contributed by atoms with Gasteiger partial charge in [0.15, 0.2) is 5.78 Å². The third-order valence-electron chi connectivity index (χ3n) is 5.11. The second-order valence-corrected chi connectivity index (χ2v) is 7.39. The summed E-state index contributed by atoms with van der Waals surface area (Å²) in [5.41, 5.74) is 1.15. The molecule has 3 aromatic heterocycles. The molecule has 1 saturated carbocycles. The molecule has 1 aliphatic carbocycles. The number of H-pyrrole nitrogens is 1. The fourth-order valence-electron chi connectivity index (χ4n) is 3.55. The molecule has 29 heavy (non-hydrogen) atoms. The van der Waals surface area contributed by atoms with Gasteiger partial charge >= 0.3 is 0 Å². The molecule has 0 radical (unpaired) electrons. The Kier molecular flexibility index (Phi) is 5.08. The average Bonchev–Trinajstić information content (AvgIpc) is 3.13. The Morgan fingerprint density at radius 3 is 2.69 bits per heavy atom. The molecule has 3 heterocycles. The maximum absolute atomic E-state index is 13.3. The van der Waals surface area contributed by atoms with E-state index >= 15 is 0 Å². The minimum absolute atomic E-state index is 0.0401. The summed E-state index contributed by atoms with van der Waals surface area (Å²) in [4.78, 5) is 28.5. The van der Waals surface area contributed by atoms with Crippen LogP contribution in [0.15, 0.2) is 24.7 Å². The van der Waals surface area contributed by atoms with Crippen molar-refractivity contribution in [2.45, 2.75) is 37.6 Å². The maximum Gasteiger partial charge on any atom is 0.248 e. The van der Waals surface area contributed by atoms with Gasteiger partial charge in [-0.1, -0.05) is 11.6 Å². The molecule has 0 aliphatic heterocycles. The highest BCUT2D eigenvalue weighted by Crippen LogP contribution is 2.34. The van der Waals surface area contributed by atoms with Gasteiger partial charge in [-0.15, -0.1) is 0 Å². The maximum atomic E-state index is 13.3. The number of anilines is 2. The van der Waals surface area contributed by atoms with Crippen LogP contribution in [0, 0.1) is 0 Å². The van der Waals surface area contributed by atoms with Crippen molar-refractivity contribution in [2.75, 3.05) is 17.7 Å². The van der Waals surface area contributed by atoms with Crippen molar-refractivity contribution in [1.82, 2.24) is 19.9 Å². The number of aromatic amines is 1. The lowest BCUT2D eigenvalue weighted by atomic mass is 9.92. The van der Waals surface area contributed by atoms with Gasteiger partial charge in [-0.25, -0.2) is 23.7 Å². The number of hydrogen-bond acceptors (Lipinski definition) is 6. The van der Waals surface area contributed by atoms with Crippen LogP contribution >= 0.6 is 11.6 Å². The predicted octanol–water partition coefficient (Wildman–Crippen LogP) is 4.27. The van der Waals surface area contributed by atoms with Crippen LogP contribution in [-0.2, 0) is 0 Å². The summed E-state index contributed by atoms with van der Waals surface area (Å²) < 4.78 is 26.6. The van der Waals surface area contributed by atoms with Crippen molar-refractivity contribution < 1.29 is 13.6 Å². The van der Waals surface area contributed by atoms with Gasteiger partial charge in [-0.05, 0) is 25.0 Å². The standard InChI is InChI=1S/C19H19ClF2N6O/c1-23-17-14-12(8-24-18(14)26-9-25-17)15(29)11-2-3-13(28-16(11)20)27-10-4-6-19(21,22)7-5-10/h2-3,8-10H,4-7H2,1H3,(H,27,28)(H2,23,24,25,26). The van der Waals surface area contributed by atoms with E-state index in [1.807, 2.05) is 0 Å². The third-order valence-corrected chi connectivity index (χ3v) is 5.40. The number of aromatic nitrogens is 4. The first-order valence-corrected chi connectivity index (χ1v) is 9.61. The second kappa shape index (κ2) is 7.55. The number of halogens is 3. The van der Waals surface area contributed by atoms with Crippen molar-refractivity contribution in [3.05, 3.63) is 40.9 Å². The fourth-order valence-corrected chi connectivity index (χ4v) is 3.79. The van der Waals surface area contributed by atoms with Gasteiger partial charge in [0, 0.05) is 32.1 Å². The van der Waals surface area contributed by atoms with E-state index < -0.39 is 5.92 Å². The smallest absolute Gasteiger partial charge is 0.248 e. The lowest BCUT2D eigenvalue weighted by molar-refractivity contribution is -0.0361. The Morgan fingerprint density at radius 1 is 1.24 bits per heavy atom. The topological polar surface area (TPSA) is 95.6 Å². The van der Waals surface area contributed by atoms with E-state index in [0.29, 0.717) is 41.1 Å². The zero-order valence-electron chi connectivity index (χ0n) is 15.6. The van der Waals surface area contributed by atoms with Gasteiger partial charge in [-0.2, -0.15) is 0 Å². The van der Waals surface area contributed by atoms with E-state index in [4.69, 9.17) is 11.6 Å². The number of carbonyl (C=O) groups is 1. The van der Waals surface area contributed by atoms with Gasteiger partial charge in [-0.3, -0.25) is 4.79 Å². The van der Waals surface area contributed by atoms with Crippen molar-refractivity contribution in [3.63, 3.8) is 0 Å². The molecule has 152 valence electrons. The molecule has 3 N–H and O–H groups in total. The van der Waals surface area contributed by atoms with Crippen molar-refractivity contribution >= 4 is 40.1 Å². The minimum atomic E-state index is -2.59. The molecule has 1 fully saturated rings. The number of nitrogens with one attached hydrogen (secondary N) is 3. The predicted molar refractivity (Wildman–Crippen MR) is 107 cm³/mol. The van der Waals surface area contributed by atoms with Crippen LogP contribution < -0.4 is 10.6 Å². The zero-order valence-corrected chi connectivity index (χ0v) is 16.4. The Balaban J connectivity index is 1.56. The van der Waals surface area contributed by atoms with Gasteiger partial charge in [0.25, 0.3) is 0 Å². The van der Waals surface area contributed by atoms with E-state index in [1.54, 1.807) is 25.4 Å². The highest BCUT2D eigenvalue weighted by atomic mass is 35.5. The summed E-state index contributed by atoms with van der Waals surface area (Å²) >= 11 is 6.28. The first kappa shape index (κ1) is 19.5. The molecule has 7 nitrogen and oxygen atoms in total. The van der Waals surface area contributed by atoms with Crippen LogP contribution in [0.5, 0.6) is 0 Å². The Morgan fingerprint density at radius 2 is 2.00 bits per heavy atom. The number of fused-ring (bicyclic) bond motifs is 1. The van der Waals surface area contributed by atoms with Gasteiger partial charge in [0.1, 0.15) is 28.8 Å². The van der Waals surface area contributed by atoms with Crippen LogP contribution in [0.4, 0.5) is 20.4 Å². The van der Waals surface area contributed by atoms with E-state index in [2.05, 4.69) is 30.6 Å². The molecule has 1 aliphatic rings. The molecule has 0 bridgehead atoms. The molecular formula is C19H19ClF2N6O. The number of alkyl halides is 2. The van der Waals surface area contributed by atoms with Crippen LogP contribution in [-0.4, -0.2) is 44.7 Å². The quantitative estimate of drug-likeness (QED) is 0.421. The van der Waals surface area contributed by atoms with Crippen molar-refractivity contribution in [2.24, 2.45) is 0 Å². The molecule has 0 spiro atoms. The average molecular weight is 421 g/mol. The van der Waals surface area contributed by atoms with Gasteiger partial charge in [0.2, 0.25) is 5.92 Å². The number of pyridine rings is 1. The summed E-state index contributed by atoms with van der Waals surface area (Å²) in [6, 6.07) is 3.12. The van der Waals surface area contributed by atoms with E-state index in [0.717, 1.165) is 0 Å². The fraction of sp³-hybridized carbons (Fsp3) is 0.368. The summed E-state index contributed by atoms with van der Waals surface area (Å²) in [6.07, 6.45) is 3.38. The first-order valence-electron chi connectivity index (χ1n) is 9.23. The third kappa shape index (κ3) is 3.87. The molecule has 4 rings (SSSR count). The van der Waals surface area contributed by atoms with Crippen LogP contribution in [0.3, 0.4) is 0 Å². The van der Waals surface area contributed by atoms with E-state index in [9.17, 15) is 13.6 Å². The summed E-state index contributed by atoms with van der Waals surface area (Å²) in [5.74, 6) is -1.92.